The molecular weight excluding hydrogens is 184 g/mol. The first-order valence-corrected chi connectivity index (χ1v) is 4.41. The average molecular weight is 198 g/mol. The lowest BCUT2D eigenvalue weighted by atomic mass is 9.97. The predicted octanol–water partition coefficient (Wildman–Crippen LogP) is 1.15. The van der Waals surface area contributed by atoms with Crippen molar-refractivity contribution in [1.82, 2.24) is 0 Å². The number of aliphatic carboxylic acids is 1. The molecule has 4 nitrogen and oxygen atoms in total. The van der Waals surface area contributed by atoms with E-state index in [1.165, 1.54) is 6.92 Å². The second-order valence-corrected chi connectivity index (χ2v) is 3.95. The molecule has 14 heavy (non-hydrogen) atoms. The van der Waals surface area contributed by atoms with Crippen LogP contribution in [0.1, 0.15) is 27.2 Å². The van der Waals surface area contributed by atoms with E-state index in [0.29, 0.717) is 5.57 Å². The number of carboxylic acid groups (broad SMARTS) is 1. The molecule has 1 rings (SSSR count). The molecule has 0 aromatic carbocycles. The summed E-state index contributed by atoms with van der Waals surface area (Å²) < 4.78 is 5.43. The molecule has 1 aliphatic rings. The first-order valence-electron chi connectivity index (χ1n) is 4.41. The van der Waals surface area contributed by atoms with Gasteiger partial charge in [-0.05, 0) is 26.3 Å². The van der Waals surface area contributed by atoms with Gasteiger partial charge in [0.15, 0.2) is 5.60 Å². The molecule has 1 heterocycles. The number of carbonyl (C=O) groups excluding carboxylic acids is 1. The Labute approximate surface area is 82.6 Å². The lowest BCUT2D eigenvalue weighted by Gasteiger charge is -2.27. The zero-order valence-electron chi connectivity index (χ0n) is 8.53. The van der Waals surface area contributed by atoms with Crippen LogP contribution >= 0.6 is 0 Å². The molecule has 0 saturated heterocycles. The molecule has 2 atom stereocenters. The standard InChI is InChI=1S/C10H14O4/c1-7-6-9(2,4-5-11)14-10(7,3)8(12)13/h5-6H,4H2,1-3H3,(H,12,13). The summed E-state index contributed by atoms with van der Waals surface area (Å²) in [5.74, 6) is -1.03. The van der Waals surface area contributed by atoms with Crippen LogP contribution in [0, 0.1) is 0 Å². The number of carboxylic acids is 1. The molecular formula is C10H14O4. The minimum atomic E-state index is -1.29. The number of hydrogen-bond donors (Lipinski definition) is 1. The Balaban J connectivity index is 2.98. The SMILES string of the molecule is CC1=CC(C)(CC=O)OC1(C)C(=O)O. The van der Waals surface area contributed by atoms with Crippen LogP contribution in [0.25, 0.3) is 0 Å². The molecule has 0 saturated carbocycles. The Bertz CT molecular complexity index is 307. The molecule has 1 N–H and O–H groups in total. The number of rotatable bonds is 3. The van der Waals surface area contributed by atoms with Gasteiger partial charge in [0.05, 0.1) is 5.60 Å². The highest BCUT2D eigenvalue weighted by Crippen LogP contribution is 2.38. The minimum Gasteiger partial charge on any atom is -0.479 e. The number of ether oxygens (including phenoxy) is 1. The van der Waals surface area contributed by atoms with Gasteiger partial charge in [0.25, 0.3) is 0 Å². The van der Waals surface area contributed by atoms with Gasteiger partial charge in [-0.15, -0.1) is 0 Å². The van der Waals surface area contributed by atoms with Crippen LogP contribution < -0.4 is 0 Å². The maximum absolute atomic E-state index is 11.0. The Morgan fingerprint density at radius 2 is 2.21 bits per heavy atom. The molecule has 0 fully saturated rings. The number of carbonyl (C=O) groups is 2. The summed E-state index contributed by atoms with van der Waals surface area (Å²) in [6, 6.07) is 0. The van der Waals surface area contributed by atoms with Gasteiger partial charge in [0.1, 0.15) is 6.29 Å². The third kappa shape index (κ3) is 1.57. The van der Waals surface area contributed by atoms with E-state index in [9.17, 15) is 9.59 Å². The van der Waals surface area contributed by atoms with E-state index in [4.69, 9.17) is 9.84 Å². The summed E-state index contributed by atoms with van der Waals surface area (Å²) >= 11 is 0. The van der Waals surface area contributed by atoms with E-state index in [2.05, 4.69) is 0 Å². The van der Waals surface area contributed by atoms with E-state index in [0.717, 1.165) is 6.29 Å². The summed E-state index contributed by atoms with van der Waals surface area (Å²) in [5, 5.41) is 8.99. The molecule has 1 aliphatic heterocycles. The Morgan fingerprint density at radius 1 is 1.64 bits per heavy atom. The first-order chi connectivity index (χ1) is 6.34. The van der Waals surface area contributed by atoms with Crippen LogP contribution in [0.4, 0.5) is 0 Å². The van der Waals surface area contributed by atoms with E-state index < -0.39 is 17.2 Å². The zero-order chi connectivity index (χ0) is 11.0. The fourth-order valence-corrected chi connectivity index (χ4v) is 1.65. The van der Waals surface area contributed by atoms with Crippen molar-refractivity contribution >= 4 is 12.3 Å². The fourth-order valence-electron chi connectivity index (χ4n) is 1.65. The van der Waals surface area contributed by atoms with Crippen LogP contribution in [0.2, 0.25) is 0 Å². The van der Waals surface area contributed by atoms with E-state index in [-0.39, 0.29) is 6.42 Å². The molecule has 0 aliphatic carbocycles. The van der Waals surface area contributed by atoms with Gasteiger partial charge in [0.2, 0.25) is 0 Å². The van der Waals surface area contributed by atoms with Gasteiger partial charge in [-0.25, -0.2) is 4.79 Å². The van der Waals surface area contributed by atoms with Crippen molar-refractivity contribution in [2.45, 2.75) is 38.4 Å². The second-order valence-electron chi connectivity index (χ2n) is 3.95. The van der Waals surface area contributed by atoms with Crippen molar-refractivity contribution in [3.63, 3.8) is 0 Å². The molecule has 0 aromatic rings. The number of aldehydes is 1. The molecule has 4 heteroatoms. The second kappa shape index (κ2) is 3.20. The van der Waals surface area contributed by atoms with E-state index >= 15 is 0 Å². The molecule has 0 spiro atoms. The molecule has 0 radical (unpaired) electrons. The fraction of sp³-hybridized carbons (Fsp3) is 0.600. The largest absolute Gasteiger partial charge is 0.479 e. The van der Waals surface area contributed by atoms with Crippen molar-refractivity contribution in [2.24, 2.45) is 0 Å². The van der Waals surface area contributed by atoms with Gasteiger partial charge < -0.3 is 14.6 Å². The van der Waals surface area contributed by atoms with Crippen molar-refractivity contribution < 1.29 is 19.4 Å². The van der Waals surface area contributed by atoms with Crippen LogP contribution in [-0.4, -0.2) is 28.6 Å². The molecule has 78 valence electrons. The smallest absolute Gasteiger partial charge is 0.340 e. The molecule has 0 aromatic heterocycles. The monoisotopic (exact) mass is 198 g/mol. The molecule has 0 bridgehead atoms. The van der Waals surface area contributed by atoms with Crippen LogP contribution in [-0.2, 0) is 14.3 Å². The van der Waals surface area contributed by atoms with Crippen molar-refractivity contribution in [3.05, 3.63) is 11.6 Å². The minimum absolute atomic E-state index is 0.174. The summed E-state index contributed by atoms with van der Waals surface area (Å²) in [6.45, 7) is 4.90. The van der Waals surface area contributed by atoms with Gasteiger partial charge in [0, 0.05) is 6.42 Å². The maximum Gasteiger partial charge on any atom is 0.340 e. The summed E-state index contributed by atoms with van der Waals surface area (Å²) in [4.78, 5) is 21.4. The highest BCUT2D eigenvalue weighted by Gasteiger charge is 2.47. The lowest BCUT2D eigenvalue weighted by molar-refractivity contribution is -0.167. The molecule has 2 unspecified atom stereocenters. The topological polar surface area (TPSA) is 63.6 Å². The summed E-state index contributed by atoms with van der Waals surface area (Å²) in [5.41, 5.74) is -1.44. The van der Waals surface area contributed by atoms with Crippen LogP contribution in [0.5, 0.6) is 0 Å². The summed E-state index contributed by atoms with van der Waals surface area (Å²) in [6.07, 6.45) is 2.61. The van der Waals surface area contributed by atoms with Crippen molar-refractivity contribution in [1.29, 1.82) is 0 Å². The van der Waals surface area contributed by atoms with Crippen LogP contribution in [0.3, 0.4) is 0 Å². The van der Waals surface area contributed by atoms with E-state index in [1.807, 2.05) is 0 Å². The summed E-state index contributed by atoms with van der Waals surface area (Å²) in [7, 11) is 0. The lowest BCUT2D eigenvalue weighted by Crippen LogP contribution is -2.41. The Hall–Kier alpha value is -1.16. The highest BCUT2D eigenvalue weighted by atomic mass is 16.6. The van der Waals surface area contributed by atoms with Crippen molar-refractivity contribution in [3.8, 4) is 0 Å². The Kier molecular flexibility index (Phi) is 2.50. The number of hydrogen-bond acceptors (Lipinski definition) is 3. The highest BCUT2D eigenvalue weighted by molar-refractivity contribution is 5.82. The normalized spacial score (nSPS) is 36.6. The van der Waals surface area contributed by atoms with Gasteiger partial charge in [-0.1, -0.05) is 6.08 Å². The van der Waals surface area contributed by atoms with Gasteiger partial charge in [-0.3, -0.25) is 0 Å². The Morgan fingerprint density at radius 3 is 2.57 bits per heavy atom. The quantitative estimate of drug-likeness (QED) is 0.546. The van der Waals surface area contributed by atoms with Gasteiger partial charge in [-0.2, -0.15) is 0 Å². The third-order valence-corrected chi connectivity index (χ3v) is 2.61. The first kappa shape index (κ1) is 10.9. The maximum atomic E-state index is 11.0. The average Bonchev–Trinajstić information content (AvgIpc) is 2.24. The zero-order valence-corrected chi connectivity index (χ0v) is 8.53. The molecule has 0 amide bonds. The predicted molar refractivity (Wildman–Crippen MR) is 50.0 cm³/mol. The van der Waals surface area contributed by atoms with Crippen LogP contribution in [0.15, 0.2) is 11.6 Å². The third-order valence-electron chi connectivity index (χ3n) is 2.61. The van der Waals surface area contributed by atoms with Crippen molar-refractivity contribution in [2.75, 3.05) is 0 Å². The van der Waals surface area contributed by atoms with Gasteiger partial charge >= 0.3 is 5.97 Å². The van der Waals surface area contributed by atoms with E-state index in [1.54, 1.807) is 19.9 Å².